The van der Waals surface area contributed by atoms with Crippen molar-refractivity contribution in [3.8, 4) is 11.4 Å². The number of aromatic nitrogens is 4. The minimum atomic E-state index is -0.148. The molecule has 132 valence electrons. The Bertz CT molecular complexity index is 950. The van der Waals surface area contributed by atoms with Crippen molar-refractivity contribution in [3.05, 3.63) is 58.1 Å². The fourth-order valence-electron chi connectivity index (χ4n) is 2.69. The van der Waals surface area contributed by atoms with E-state index in [0.717, 1.165) is 29.8 Å². The van der Waals surface area contributed by atoms with Crippen molar-refractivity contribution in [2.45, 2.75) is 25.3 Å². The second kappa shape index (κ2) is 7.05. The number of anilines is 1. The first kappa shape index (κ1) is 17.0. The third-order valence-corrected chi connectivity index (χ3v) is 4.77. The van der Waals surface area contributed by atoms with Gasteiger partial charge in [-0.3, -0.25) is 4.79 Å². The van der Waals surface area contributed by atoms with Crippen molar-refractivity contribution < 1.29 is 4.79 Å². The van der Waals surface area contributed by atoms with E-state index in [9.17, 15) is 4.79 Å². The molecule has 0 atom stereocenters. The Kier molecular flexibility index (Phi) is 4.61. The normalized spacial score (nSPS) is 13.6. The zero-order valence-corrected chi connectivity index (χ0v) is 15.2. The molecule has 3 aromatic rings. The van der Waals surface area contributed by atoms with Crippen molar-refractivity contribution in [3.63, 3.8) is 0 Å². The van der Waals surface area contributed by atoms with Crippen LogP contribution < -0.4 is 5.32 Å². The van der Waals surface area contributed by atoms with Gasteiger partial charge in [-0.2, -0.15) is 0 Å². The molecule has 0 bridgehead atoms. The third-order valence-electron chi connectivity index (χ3n) is 4.18. The number of hydrogen-bond donors (Lipinski definition) is 1. The Morgan fingerprint density at radius 3 is 2.62 bits per heavy atom. The molecule has 8 heteroatoms. The van der Waals surface area contributed by atoms with Gasteiger partial charge in [0.2, 0.25) is 5.91 Å². The van der Waals surface area contributed by atoms with E-state index in [1.807, 2.05) is 28.9 Å². The number of nitrogens with zero attached hydrogens (tertiary/aromatic N) is 4. The first-order valence-electron chi connectivity index (χ1n) is 8.22. The second-order valence-electron chi connectivity index (χ2n) is 6.22. The van der Waals surface area contributed by atoms with Crippen molar-refractivity contribution in [1.82, 2.24) is 20.2 Å². The number of amides is 1. The third kappa shape index (κ3) is 3.71. The lowest BCUT2D eigenvalue weighted by Crippen LogP contribution is -2.14. The number of tetrazole rings is 1. The van der Waals surface area contributed by atoms with Gasteiger partial charge < -0.3 is 5.32 Å². The van der Waals surface area contributed by atoms with Gasteiger partial charge in [-0.25, -0.2) is 4.68 Å². The first-order valence-corrected chi connectivity index (χ1v) is 8.98. The molecule has 0 aliphatic heterocycles. The summed E-state index contributed by atoms with van der Waals surface area (Å²) in [5, 5.41) is 15.8. The summed E-state index contributed by atoms with van der Waals surface area (Å²) in [4.78, 5) is 12.2. The maximum Gasteiger partial charge on any atom is 0.228 e. The smallest absolute Gasteiger partial charge is 0.228 e. The van der Waals surface area contributed by atoms with Crippen LogP contribution in [0.15, 0.2) is 42.5 Å². The number of benzene rings is 2. The summed E-state index contributed by atoms with van der Waals surface area (Å²) < 4.78 is 1.86. The lowest BCUT2D eigenvalue weighted by molar-refractivity contribution is -0.115. The number of carbonyl (C=O) groups is 1. The van der Waals surface area contributed by atoms with Crippen LogP contribution in [0.1, 0.15) is 24.4 Å². The van der Waals surface area contributed by atoms with E-state index in [1.54, 1.807) is 18.2 Å². The number of hydrogen-bond acceptors (Lipinski definition) is 4. The highest BCUT2D eigenvalue weighted by atomic mass is 35.5. The molecule has 1 fully saturated rings. The van der Waals surface area contributed by atoms with E-state index in [-0.39, 0.29) is 12.3 Å². The van der Waals surface area contributed by atoms with E-state index in [0.29, 0.717) is 21.8 Å². The van der Waals surface area contributed by atoms with Gasteiger partial charge >= 0.3 is 0 Å². The Hall–Kier alpha value is -2.44. The van der Waals surface area contributed by atoms with Crippen LogP contribution in [-0.4, -0.2) is 26.1 Å². The van der Waals surface area contributed by atoms with Gasteiger partial charge in [0.25, 0.3) is 0 Å². The molecule has 4 rings (SSSR count). The zero-order valence-electron chi connectivity index (χ0n) is 13.7. The summed E-state index contributed by atoms with van der Waals surface area (Å²) in [6.45, 7) is 0. The minimum absolute atomic E-state index is 0.148. The topological polar surface area (TPSA) is 72.7 Å². The molecule has 0 saturated heterocycles. The molecule has 1 aromatic heterocycles. The zero-order chi connectivity index (χ0) is 18.1. The summed E-state index contributed by atoms with van der Waals surface area (Å²) in [5.41, 5.74) is 2.35. The molecule has 26 heavy (non-hydrogen) atoms. The Morgan fingerprint density at radius 2 is 1.92 bits per heavy atom. The Labute approximate surface area is 160 Å². The predicted molar refractivity (Wildman–Crippen MR) is 100 cm³/mol. The number of nitrogens with one attached hydrogen (secondary N) is 1. The van der Waals surface area contributed by atoms with E-state index >= 15 is 0 Å². The first-order chi connectivity index (χ1) is 12.6. The molecule has 1 amide bonds. The highest BCUT2D eigenvalue weighted by Gasteiger charge is 2.28. The maximum absolute atomic E-state index is 12.2. The van der Waals surface area contributed by atoms with E-state index in [4.69, 9.17) is 23.2 Å². The van der Waals surface area contributed by atoms with E-state index in [2.05, 4.69) is 20.8 Å². The van der Waals surface area contributed by atoms with Crippen molar-refractivity contribution in [2.75, 3.05) is 5.32 Å². The van der Waals surface area contributed by atoms with Crippen LogP contribution >= 0.6 is 23.2 Å². The monoisotopic (exact) mass is 387 g/mol. The van der Waals surface area contributed by atoms with Crippen LogP contribution in [0.4, 0.5) is 5.69 Å². The summed E-state index contributed by atoms with van der Waals surface area (Å²) in [7, 11) is 0. The predicted octanol–water partition coefficient (Wildman–Crippen LogP) is 4.16. The van der Waals surface area contributed by atoms with Gasteiger partial charge in [0.05, 0.1) is 12.5 Å². The van der Waals surface area contributed by atoms with Gasteiger partial charge in [-0.15, -0.1) is 5.10 Å². The molecule has 2 aromatic carbocycles. The maximum atomic E-state index is 12.2. The van der Waals surface area contributed by atoms with Gasteiger partial charge in [0.15, 0.2) is 5.82 Å². The fourth-order valence-corrected chi connectivity index (χ4v) is 3.17. The molecule has 1 aliphatic rings. The largest absolute Gasteiger partial charge is 0.326 e. The molecule has 0 spiro atoms. The number of halogens is 2. The lowest BCUT2D eigenvalue weighted by atomic mass is 10.1. The molecule has 0 radical (unpaired) electrons. The standard InChI is InChI=1S/C18H15Cl2N5O/c19-13-4-1-12(16(20)10-13)9-17(26)21-14-5-2-11(3-6-14)18-22-23-24-25(18)15-7-8-15/h1-6,10,15H,7-9H2,(H,21,26). The van der Waals surface area contributed by atoms with Gasteiger partial charge in [-0.05, 0) is 65.2 Å². The summed E-state index contributed by atoms with van der Waals surface area (Å²) in [6, 6.07) is 13.0. The molecule has 1 N–H and O–H groups in total. The Morgan fingerprint density at radius 1 is 1.15 bits per heavy atom. The average Bonchev–Trinajstić information content (AvgIpc) is 3.35. The average molecular weight is 388 g/mol. The molecule has 0 unspecified atom stereocenters. The molecule has 1 aliphatic carbocycles. The van der Waals surface area contributed by atoms with Gasteiger partial charge in [-0.1, -0.05) is 29.3 Å². The van der Waals surface area contributed by atoms with Crippen LogP contribution in [0.2, 0.25) is 10.0 Å². The van der Waals surface area contributed by atoms with Crippen LogP contribution in [0.25, 0.3) is 11.4 Å². The molecule has 1 saturated carbocycles. The lowest BCUT2D eigenvalue weighted by Gasteiger charge is -2.08. The van der Waals surface area contributed by atoms with Crippen molar-refractivity contribution >= 4 is 34.8 Å². The minimum Gasteiger partial charge on any atom is -0.326 e. The number of carbonyl (C=O) groups excluding carboxylic acids is 1. The highest BCUT2D eigenvalue weighted by Crippen LogP contribution is 2.36. The van der Waals surface area contributed by atoms with Crippen LogP contribution in [0.5, 0.6) is 0 Å². The Balaban J connectivity index is 1.43. The summed E-state index contributed by atoms with van der Waals surface area (Å²) in [5.74, 6) is 0.600. The number of rotatable bonds is 5. The van der Waals surface area contributed by atoms with E-state index in [1.165, 1.54) is 0 Å². The van der Waals surface area contributed by atoms with Crippen LogP contribution in [0.3, 0.4) is 0 Å². The van der Waals surface area contributed by atoms with Crippen molar-refractivity contribution in [1.29, 1.82) is 0 Å². The van der Waals surface area contributed by atoms with Crippen LogP contribution in [-0.2, 0) is 11.2 Å². The van der Waals surface area contributed by atoms with Gasteiger partial charge in [0.1, 0.15) is 0 Å². The van der Waals surface area contributed by atoms with E-state index < -0.39 is 0 Å². The SMILES string of the molecule is O=C(Cc1ccc(Cl)cc1Cl)Nc1ccc(-c2nnnn2C2CC2)cc1. The summed E-state index contributed by atoms with van der Waals surface area (Å²) >= 11 is 12.0. The molecular formula is C18H15Cl2N5O. The molecular weight excluding hydrogens is 373 g/mol. The fraction of sp³-hybridized carbons (Fsp3) is 0.222. The molecule has 6 nitrogen and oxygen atoms in total. The summed E-state index contributed by atoms with van der Waals surface area (Å²) in [6.07, 6.45) is 2.40. The van der Waals surface area contributed by atoms with Crippen molar-refractivity contribution in [2.24, 2.45) is 0 Å². The molecule has 1 heterocycles. The highest BCUT2D eigenvalue weighted by molar-refractivity contribution is 6.35. The van der Waals surface area contributed by atoms with Crippen LogP contribution in [0, 0.1) is 0 Å². The van der Waals surface area contributed by atoms with Gasteiger partial charge in [0, 0.05) is 21.3 Å². The quantitative estimate of drug-likeness (QED) is 0.712. The second-order valence-corrected chi connectivity index (χ2v) is 7.06.